The van der Waals surface area contributed by atoms with Crippen molar-refractivity contribution in [3.63, 3.8) is 0 Å². The second kappa shape index (κ2) is 34.5. The van der Waals surface area contributed by atoms with Crippen molar-refractivity contribution in [3.8, 4) is 0 Å². The van der Waals surface area contributed by atoms with Gasteiger partial charge in [0.1, 0.15) is 135 Å². The van der Waals surface area contributed by atoms with Crippen LogP contribution in [0.2, 0.25) is 0 Å². The highest BCUT2D eigenvalue weighted by molar-refractivity contribution is 5.79. The van der Waals surface area contributed by atoms with Crippen molar-refractivity contribution >= 4 is 36.1 Å². The first kappa shape index (κ1) is 89.9. The largest absolute Gasteiger partial charge is 0.479 e. The standard InChI is InChI=1S/C76H116O39/c1-28-54(109-63-48(90)42(84)35(82)24-100-63)57(111-66-51(93)47(89)45(87)38(107-66)26-99-30(3)79)53(95)67(102-28)114-61-59(105-32(5)81)55(104-31(4)80)29(2)103-68(61)115-70(98)76-20-18-71(6,7)22-34(76)33-12-13-40-72(8)16-15-41(73(9,27-78)39(72)14-17-75(40,11)74(33,10)19-21-76)108-69-60(113-65-50(92)46(88)44(86)37(23-77)106-65)56(52(94)58(112-69)62(96)97)110-64-49(91)43(85)36(83)25-101-64/h12,27-29,34-61,63-69,77,82-95H,13-26H2,1-11H3,(H,96,97). The fourth-order valence-electron chi connectivity index (χ4n) is 21.0. The van der Waals surface area contributed by atoms with Crippen LogP contribution in [0.4, 0.5) is 0 Å². The van der Waals surface area contributed by atoms with Crippen LogP contribution in [-0.4, -0.2) is 353 Å². The molecule has 0 amide bonds. The molecule has 42 atom stereocenters. The van der Waals surface area contributed by atoms with E-state index in [9.17, 15) is 106 Å². The molecule has 0 aromatic carbocycles. The van der Waals surface area contributed by atoms with Gasteiger partial charge in [-0.15, -0.1) is 0 Å². The molecule has 115 heavy (non-hydrogen) atoms. The van der Waals surface area contributed by atoms with Crippen LogP contribution >= 0.6 is 0 Å². The van der Waals surface area contributed by atoms with Gasteiger partial charge in [-0.3, -0.25) is 19.2 Å². The Balaban J connectivity index is 0.837. The molecule has 4 saturated carbocycles. The molecule has 7 saturated heterocycles. The second-order valence-corrected chi connectivity index (χ2v) is 35.3. The predicted octanol–water partition coefficient (Wildman–Crippen LogP) is -4.25. The van der Waals surface area contributed by atoms with E-state index in [2.05, 4.69) is 40.7 Å². The minimum Gasteiger partial charge on any atom is -0.479 e. The normalized spacial score (nSPS) is 51.1. The van der Waals surface area contributed by atoms with E-state index in [1.54, 1.807) is 6.92 Å². The first-order chi connectivity index (χ1) is 53.9. The maximum atomic E-state index is 16.2. The summed E-state index contributed by atoms with van der Waals surface area (Å²) in [6.07, 6.45) is -55.4. The summed E-state index contributed by atoms with van der Waals surface area (Å²) in [5, 5.41) is 176. The average Bonchev–Trinajstić information content (AvgIpc) is 0.673. The van der Waals surface area contributed by atoms with Crippen molar-refractivity contribution in [3.05, 3.63) is 11.6 Å². The van der Waals surface area contributed by atoms with Gasteiger partial charge in [-0.05, 0) is 117 Å². The summed E-state index contributed by atoms with van der Waals surface area (Å²) in [6.45, 7) is 15.9. The first-order valence-electron chi connectivity index (χ1n) is 39.6. The topological polar surface area (TPSA) is 583 Å². The molecule has 5 aliphatic carbocycles. The maximum absolute atomic E-state index is 16.2. The van der Waals surface area contributed by atoms with E-state index >= 15 is 4.79 Å². The van der Waals surface area contributed by atoms with Gasteiger partial charge in [-0.25, -0.2) is 4.79 Å². The van der Waals surface area contributed by atoms with Gasteiger partial charge in [0, 0.05) is 20.8 Å². The molecule has 0 aromatic rings. The van der Waals surface area contributed by atoms with Crippen molar-refractivity contribution in [1.29, 1.82) is 0 Å². The Hall–Kier alpha value is -4.36. The summed E-state index contributed by atoms with van der Waals surface area (Å²) in [6, 6.07) is 0. The molecule has 7 aliphatic heterocycles. The predicted molar refractivity (Wildman–Crippen MR) is 375 cm³/mol. The number of hydrogen-bond donors (Lipinski definition) is 16. The molecule has 42 unspecified atom stereocenters. The smallest absolute Gasteiger partial charge is 0.335 e. The molecular weight excluding hydrogens is 1540 g/mol. The quantitative estimate of drug-likeness (QED) is 0.0170. The Bertz CT molecular complexity index is 3480. The third kappa shape index (κ3) is 16.6. The number of carbonyl (C=O) groups excluding carboxylic acids is 5. The zero-order valence-electron chi connectivity index (χ0n) is 66.0. The minimum absolute atomic E-state index is 0.109. The van der Waals surface area contributed by atoms with Crippen molar-refractivity contribution in [2.75, 3.05) is 26.4 Å². The van der Waals surface area contributed by atoms with Crippen LogP contribution in [0.3, 0.4) is 0 Å². The Morgan fingerprint density at radius 2 is 0.983 bits per heavy atom. The summed E-state index contributed by atoms with van der Waals surface area (Å²) < 4.78 is 103. The van der Waals surface area contributed by atoms with Crippen LogP contribution < -0.4 is 0 Å². The first-order valence-corrected chi connectivity index (χ1v) is 39.6. The van der Waals surface area contributed by atoms with Crippen LogP contribution in [0.5, 0.6) is 0 Å². The fraction of sp³-hybridized carbons (Fsp3) is 0.895. The third-order valence-electron chi connectivity index (χ3n) is 27.7. The number of aliphatic hydroxyl groups excluding tert-OH is 15. The molecule has 0 aromatic heterocycles. The molecule has 7 heterocycles. The number of carbonyl (C=O) groups is 6. The number of rotatable bonds is 21. The highest BCUT2D eigenvalue weighted by Gasteiger charge is 2.72. The van der Waals surface area contributed by atoms with E-state index in [1.807, 2.05) is 0 Å². The molecule has 0 bridgehead atoms. The highest BCUT2D eigenvalue weighted by atomic mass is 16.8. The van der Waals surface area contributed by atoms with Crippen molar-refractivity contribution in [1.82, 2.24) is 0 Å². The monoisotopic (exact) mass is 1650 g/mol. The van der Waals surface area contributed by atoms with Gasteiger partial charge in [0.05, 0.1) is 49.0 Å². The zero-order chi connectivity index (χ0) is 84.2. The van der Waals surface area contributed by atoms with Crippen molar-refractivity contribution < 1.29 is 191 Å². The van der Waals surface area contributed by atoms with E-state index in [0.717, 1.165) is 32.6 Å². The maximum Gasteiger partial charge on any atom is 0.335 e. The molecule has 12 aliphatic rings. The number of carboxylic acids is 1. The highest BCUT2D eigenvalue weighted by Crippen LogP contribution is 2.76. The lowest BCUT2D eigenvalue weighted by molar-refractivity contribution is -0.394. The Morgan fingerprint density at radius 1 is 0.478 bits per heavy atom. The number of ether oxygens (including phenoxy) is 17. The summed E-state index contributed by atoms with van der Waals surface area (Å²) in [5.74, 6) is -6.23. The number of aliphatic hydroxyl groups is 15. The molecule has 39 heteroatoms. The van der Waals surface area contributed by atoms with Crippen LogP contribution in [0.25, 0.3) is 0 Å². The number of hydrogen-bond acceptors (Lipinski definition) is 38. The number of aldehydes is 1. The molecule has 12 rings (SSSR count). The van der Waals surface area contributed by atoms with Crippen LogP contribution in [0.1, 0.15) is 140 Å². The van der Waals surface area contributed by atoms with Crippen molar-refractivity contribution in [2.45, 2.75) is 349 Å². The lowest BCUT2D eigenvalue weighted by Crippen LogP contribution is -2.69. The van der Waals surface area contributed by atoms with Gasteiger partial charge in [-0.2, -0.15) is 0 Å². The zero-order valence-corrected chi connectivity index (χ0v) is 66.0. The molecule has 0 spiro atoms. The third-order valence-corrected chi connectivity index (χ3v) is 27.7. The molecule has 654 valence electrons. The van der Waals surface area contributed by atoms with Gasteiger partial charge in [0.2, 0.25) is 6.29 Å². The van der Waals surface area contributed by atoms with Gasteiger partial charge in [-0.1, -0.05) is 53.2 Å². The van der Waals surface area contributed by atoms with E-state index < -0.39 is 304 Å². The van der Waals surface area contributed by atoms with Crippen LogP contribution in [0.15, 0.2) is 11.6 Å². The lowest BCUT2D eigenvalue weighted by atomic mass is 9.33. The van der Waals surface area contributed by atoms with Gasteiger partial charge in [0.15, 0.2) is 62.2 Å². The second-order valence-electron chi connectivity index (χ2n) is 35.3. The number of esters is 4. The summed E-state index contributed by atoms with van der Waals surface area (Å²) in [4.78, 5) is 82.0. The van der Waals surface area contributed by atoms with E-state index in [4.69, 9.17) is 80.5 Å². The average molecular weight is 1650 g/mol. The van der Waals surface area contributed by atoms with E-state index in [0.29, 0.717) is 51.4 Å². The molecule has 16 N–H and O–H groups in total. The van der Waals surface area contributed by atoms with Gasteiger partial charge >= 0.3 is 29.8 Å². The van der Waals surface area contributed by atoms with E-state index in [-0.39, 0.29) is 24.2 Å². The molecular formula is C76H116O39. The molecule has 0 radical (unpaired) electrons. The minimum atomic E-state index is -2.23. The van der Waals surface area contributed by atoms with E-state index in [1.165, 1.54) is 13.8 Å². The number of fused-ring (bicyclic) bond motifs is 7. The summed E-state index contributed by atoms with van der Waals surface area (Å²) in [7, 11) is 0. The Morgan fingerprint density at radius 3 is 1.56 bits per heavy atom. The van der Waals surface area contributed by atoms with Crippen LogP contribution in [-0.2, 0) is 109 Å². The van der Waals surface area contributed by atoms with Gasteiger partial charge in [0.25, 0.3) is 0 Å². The number of carboxylic acid groups (broad SMARTS) is 1. The Labute approximate surface area is 662 Å². The van der Waals surface area contributed by atoms with Crippen LogP contribution in [0, 0.1) is 50.2 Å². The SMILES string of the molecule is CC(=O)OCC1OC(OC2C(O)C(OC3C(OC(=O)C45CCC(C)(C)CC4C4=CCC6C7(C)CCC(OC8OC(C(=O)O)C(O)C(OC9OCC(O)C(O)C9O)C8OC8OC(CO)C(O)C(O)C8O)C(C)(C=O)C7CCC6(C)C4(C)CC5)OC(C)C(OC(C)=O)C3OC(C)=O)OC(C)C2OC2OCC(O)C(O)C2O)C(O)C(O)C1O. The number of allylic oxidation sites excluding steroid dienone is 2. The lowest BCUT2D eigenvalue weighted by Gasteiger charge is -2.71. The van der Waals surface area contributed by atoms with Gasteiger partial charge < -0.3 is 167 Å². The molecule has 11 fully saturated rings. The summed E-state index contributed by atoms with van der Waals surface area (Å²) in [5.41, 5.74) is -3.97. The van der Waals surface area contributed by atoms with Crippen molar-refractivity contribution in [2.24, 2.45) is 50.2 Å². The summed E-state index contributed by atoms with van der Waals surface area (Å²) >= 11 is 0. The Kier molecular flexibility index (Phi) is 27.0. The fourth-order valence-corrected chi connectivity index (χ4v) is 21.0. The number of aliphatic carboxylic acids is 1. The molecule has 39 nitrogen and oxygen atoms in total.